The number of nitrogens with zero attached hydrogens (tertiary/aromatic N) is 1. The van der Waals surface area contributed by atoms with Crippen molar-refractivity contribution in [3.05, 3.63) is 70.9 Å². The smallest absolute Gasteiger partial charge is 0.290 e. The zero-order chi connectivity index (χ0) is 18.8. The molecule has 1 aliphatic rings. The fourth-order valence-electron chi connectivity index (χ4n) is 3.34. The van der Waals surface area contributed by atoms with Gasteiger partial charge >= 0.3 is 0 Å². The molecule has 1 N–H and O–H groups in total. The van der Waals surface area contributed by atoms with Gasteiger partial charge in [-0.15, -0.1) is 0 Å². The SMILES string of the molecule is Cc1cccc(C2C(C(=O)CC(C)C)=C(O)C(=O)N2Cc2ccco2)c1. The van der Waals surface area contributed by atoms with Gasteiger partial charge in [0.05, 0.1) is 24.4 Å². The Kier molecular flexibility index (Phi) is 4.98. The molecule has 1 aliphatic heterocycles. The zero-order valence-electron chi connectivity index (χ0n) is 15.2. The number of hydrogen-bond donors (Lipinski definition) is 1. The monoisotopic (exact) mass is 353 g/mol. The number of carbonyl (C=O) groups excluding carboxylic acids is 2. The van der Waals surface area contributed by atoms with E-state index in [1.807, 2.05) is 45.0 Å². The van der Waals surface area contributed by atoms with Crippen molar-refractivity contribution in [2.75, 3.05) is 0 Å². The minimum Gasteiger partial charge on any atom is -0.503 e. The molecule has 1 aromatic carbocycles. The molecule has 0 saturated heterocycles. The summed E-state index contributed by atoms with van der Waals surface area (Å²) in [4.78, 5) is 27.0. The van der Waals surface area contributed by atoms with Gasteiger partial charge in [0.2, 0.25) is 0 Å². The van der Waals surface area contributed by atoms with Crippen LogP contribution in [-0.2, 0) is 16.1 Å². The number of benzene rings is 1. The van der Waals surface area contributed by atoms with Crippen LogP contribution in [0.3, 0.4) is 0 Å². The van der Waals surface area contributed by atoms with Gasteiger partial charge < -0.3 is 14.4 Å². The quantitative estimate of drug-likeness (QED) is 0.849. The molecule has 5 nitrogen and oxygen atoms in total. The van der Waals surface area contributed by atoms with Crippen LogP contribution in [0, 0.1) is 12.8 Å². The van der Waals surface area contributed by atoms with Gasteiger partial charge in [0, 0.05) is 6.42 Å². The van der Waals surface area contributed by atoms with E-state index in [-0.39, 0.29) is 30.2 Å². The van der Waals surface area contributed by atoms with Crippen LogP contribution in [0.4, 0.5) is 0 Å². The van der Waals surface area contributed by atoms with Gasteiger partial charge in [-0.2, -0.15) is 0 Å². The van der Waals surface area contributed by atoms with Crippen LogP contribution in [0.25, 0.3) is 0 Å². The summed E-state index contributed by atoms with van der Waals surface area (Å²) in [5.74, 6) is -0.454. The molecule has 1 unspecified atom stereocenters. The van der Waals surface area contributed by atoms with E-state index >= 15 is 0 Å². The average Bonchev–Trinajstić information content (AvgIpc) is 3.16. The first-order valence-corrected chi connectivity index (χ1v) is 8.74. The van der Waals surface area contributed by atoms with Crippen molar-refractivity contribution < 1.29 is 19.1 Å². The number of carbonyl (C=O) groups is 2. The molecule has 1 aromatic heterocycles. The lowest BCUT2D eigenvalue weighted by molar-refractivity contribution is -0.130. The standard InChI is InChI=1S/C21H23NO4/c1-13(2)10-17(23)18-19(15-7-4-6-14(3)11-15)22(21(25)20(18)24)12-16-8-5-9-26-16/h4-9,11,13,19,24H,10,12H2,1-3H3. The first-order valence-electron chi connectivity index (χ1n) is 8.74. The molecule has 0 bridgehead atoms. The van der Waals surface area contributed by atoms with Gasteiger partial charge in [0.1, 0.15) is 5.76 Å². The summed E-state index contributed by atoms with van der Waals surface area (Å²) in [5.41, 5.74) is 2.01. The average molecular weight is 353 g/mol. The van der Waals surface area contributed by atoms with E-state index in [9.17, 15) is 14.7 Å². The Balaban J connectivity index is 2.05. The van der Waals surface area contributed by atoms with Gasteiger partial charge in [-0.1, -0.05) is 43.7 Å². The molecule has 136 valence electrons. The highest BCUT2D eigenvalue weighted by Gasteiger charge is 2.43. The van der Waals surface area contributed by atoms with E-state index in [0.29, 0.717) is 5.76 Å². The number of ketones is 1. The van der Waals surface area contributed by atoms with Gasteiger partial charge in [0.25, 0.3) is 5.91 Å². The lowest BCUT2D eigenvalue weighted by Crippen LogP contribution is -2.30. The topological polar surface area (TPSA) is 70.8 Å². The minimum absolute atomic E-state index is 0.134. The van der Waals surface area contributed by atoms with E-state index in [1.165, 1.54) is 11.2 Å². The van der Waals surface area contributed by atoms with Crippen LogP contribution in [0.1, 0.15) is 43.2 Å². The second-order valence-corrected chi connectivity index (χ2v) is 7.11. The lowest BCUT2D eigenvalue weighted by atomic mass is 9.91. The fourth-order valence-corrected chi connectivity index (χ4v) is 3.34. The van der Waals surface area contributed by atoms with Crippen LogP contribution in [0.2, 0.25) is 0 Å². The van der Waals surface area contributed by atoms with Crippen molar-refractivity contribution >= 4 is 11.7 Å². The molecule has 5 heteroatoms. The molecule has 1 atom stereocenters. The zero-order valence-corrected chi connectivity index (χ0v) is 15.2. The molecular weight excluding hydrogens is 330 g/mol. The molecular formula is C21H23NO4. The van der Waals surface area contributed by atoms with Gasteiger partial charge in [0.15, 0.2) is 11.5 Å². The van der Waals surface area contributed by atoms with Crippen LogP contribution < -0.4 is 0 Å². The third-order valence-corrected chi connectivity index (χ3v) is 4.46. The molecule has 0 aliphatic carbocycles. The molecule has 0 saturated carbocycles. The Hall–Kier alpha value is -2.82. The summed E-state index contributed by atoms with van der Waals surface area (Å²) in [6, 6.07) is 10.6. The van der Waals surface area contributed by atoms with Crippen molar-refractivity contribution in [2.24, 2.45) is 5.92 Å². The maximum Gasteiger partial charge on any atom is 0.290 e. The fraction of sp³-hybridized carbons (Fsp3) is 0.333. The second kappa shape index (κ2) is 7.20. The van der Waals surface area contributed by atoms with E-state index in [0.717, 1.165) is 11.1 Å². The summed E-state index contributed by atoms with van der Waals surface area (Å²) in [6.45, 7) is 6.02. The van der Waals surface area contributed by atoms with Crippen LogP contribution in [0.5, 0.6) is 0 Å². The molecule has 0 spiro atoms. The predicted molar refractivity (Wildman–Crippen MR) is 97.3 cm³/mol. The molecule has 1 amide bonds. The Labute approximate surface area is 152 Å². The molecule has 26 heavy (non-hydrogen) atoms. The number of aryl methyl sites for hydroxylation is 1. The van der Waals surface area contributed by atoms with Gasteiger partial charge in [-0.05, 0) is 30.5 Å². The van der Waals surface area contributed by atoms with E-state index < -0.39 is 17.7 Å². The number of amides is 1. The maximum absolute atomic E-state index is 12.8. The lowest BCUT2D eigenvalue weighted by Gasteiger charge is -2.26. The Morgan fingerprint density at radius 1 is 1.27 bits per heavy atom. The summed E-state index contributed by atoms with van der Waals surface area (Å²) in [5, 5.41) is 10.5. The Morgan fingerprint density at radius 2 is 2.04 bits per heavy atom. The first-order chi connectivity index (χ1) is 12.4. The largest absolute Gasteiger partial charge is 0.503 e. The highest BCUT2D eigenvalue weighted by atomic mass is 16.3. The van der Waals surface area contributed by atoms with Crippen molar-refractivity contribution in [3.8, 4) is 0 Å². The Morgan fingerprint density at radius 3 is 2.65 bits per heavy atom. The summed E-state index contributed by atoms with van der Waals surface area (Å²) in [6.07, 6.45) is 1.82. The summed E-state index contributed by atoms with van der Waals surface area (Å²) < 4.78 is 5.37. The van der Waals surface area contributed by atoms with Crippen molar-refractivity contribution in [3.63, 3.8) is 0 Å². The van der Waals surface area contributed by atoms with Crippen molar-refractivity contribution in [1.29, 1.82) is 0 Å². The number of Topliss-reactive ketones (excluding diaryl/α,β-unsaturated/α-hetero) is 1. The highest BCUT2D eigenvalue weighted by molar-refractivity contribution is 6.08. The van der Waals surface area contributed by atoms with Crippen molar-refractivity contribution in [1.82, 2.24) is 4.90 Å². The third kappa shape index (κ3) is 3.43. The summed E-state index contributed by atoms with van der Waals surface area (Å²) in [7, 11) is 0. The molecule has 0 fully saturated rings. The number of furan rings is 1. The minimum atomic E-state index is -0.612. The molecule has 2 heterocycles. The van der Waals surface area contributed by atoms with Crippen molar-refractivity contribution in [2.45, 2.75) is 39.8 Å². The number of aliphatic hydroxyl groups excluding tert-OH is 1. The molecule has 0 radical (unpaired) electrons. The third-order valence-electron chi connectivity index (χ3n) is 4.46. The van der Waals surface area contributed by atoms with E-state index in [1.54, 1.807) is 12.1 Å². The maximum atomic E-state index is 12.8. The predicted octanol–water partition coefficient (Wildman–Crippen LogP) is 4.10. The first kappa shape index (κ1) is 18.0. The molecule has 2 aromatic rings. The van der Waals surface area contributed by atoms with Gasteiger partial charge in [-0.3, -0.25) is 9.59 Å². The number of hydrogen-bond acceptors (Lipinski definition) is 4. The molecule has 3 rings (SSSR count). The van der Waals surface area contributed by atoms with E-state index in [2.05, 4.69) is 0 Å². The normalized spacial score (nSPS) is 17.5. The number of aliphatic hydroxyl groups is 1. The van der Waals surface area contributed by atoms with Crippen LogP contribution >= 0.6 is 0 Å². The van der Waals surface area contributed by atoms with Crippen LogP contribution in [0.15, 0.2) is 58.4 Å². The Bertz CT molecular complexity index is 849. The van der Waals surface area contributed by atoms with Crippen LogP contribution in [-0.4, -0.2) is 21.7 Å². The highest BCUT2D eigenvalue weighted by Crippen LogP contribution is 2.39. The summed E-state index contributed by atoms with van der Waals surface area (Å²) >= 11 is 0. The number of rotatable bonds is 6. The van der Waals surface area contributed by atoms with E-state index in [4.69, 9.17) is 4.42 Å². The van der Waals surface area contributed by atoms with Gasteiger partial charge in [-0.25, -0.2) is 0 Å². The second-order valence-electron chi connectivity index (χ2n) is 7.11.